The molecule has 2 aliphatic rings. The standard InChI is InChI=1S/C16H32N2O/c1-14(2)4-9-18-10-5-15(6-11-18)17(3)16-7-12-19-13-8-16/h14-16H,4-13H2,1-3H3. The molecule has 2 heterocycles. The third-order valence-electron chi connectivity index (χ3n) is 4.92. The largest absolute Gasteiger partial charge is 0.381 e. The summed E-state index contributed by atoms with van der Waals surface area (Å²) in [6.45, 7) is 10.5. The Hall–Kier alpha value is -0.120. The van der Waals surface area contributed by atoms with Gasteiger partial charge < -0.3 is 14.5 Å². The monoisotopic (exact) mass is 268 g/mol. The van der Waals surface area contributed by atoms with Gasteiger partial charge in [0.1, 0.15) is 0 Å². The summed E-state index contributed by atoms with van der Waals surface area (Å²) >= 11 is 0. The number of hydrogen-bond acceptors (Lipinski definition) is 3. The summed E-state index contributed by atoms with van der Waals surface area (Å²) in [6, 6.07) is 1.57. The van der Waals surface area contributed by atoms with Gasteiger partial charge in [-0.2, -0.15) is 0 Å². The molecule has 0 aliphatic carbocycles. The van der Waals surface area contributed by atoms with E-state index in [9.17, 15) is 0 Å². The maximum atomic E-state index is 5.47. The quantitative estimate of drug-likeness (QED) is 0.762. The van der Waals surface area contributed by atoms with Crippen LogP contribution in [-0.4, -0.2) is 61.8 Å². The lowest BCUT2D eigenvalue weighted by atomic mass is 9.98. The van der Waals surface area contributed by atoms with Crippen molar-refractivity contribution in [2.45, 2.75) is 58.0 Å². The second-order valence-electron chi connectivity index (χ2n) is 6.76. The molecule has 0 radical (unpaired) electrons. The van der Waals surface area contributed by atoms with E-state index in [1.165, 1.54) is 51.7 Å². The molecular weight excluding hydrogens is 236 g/mol. The summed E-state index contributed by atoms with van der Waals surface area (Å²) < 4.78 is 5.47. The van der Waals surface area contributed by atoms with Gasteiger partial charge in [-0.3, -0.25) is 0 Å². The van der Waals surface area contributed by atoms with Crippen molar-refractivity contribution in [2.24, 2.45) is 5.92 Å². The van der Waals surface area contributed by atoms with Crippen LogP contribution in [0.15, 0.2) is 0 Å². The Morgan fingerprint density at radius 3 is 2.21 bits per heavy atom. The highest BCUT2D eigenvalue weighted by molar-refractivity contribution is 4.83. The molecule has 3 nitrogen and oxygen atoms in total. The van der Waals surface area contributed by atoms with Crippen LogP contribution in [0.1, 0.15) is 46.0 Å². The average molecular weight is 268 g/mol. The van der Waals surface area contributed by atoms with Crippen molar-refractivity contribution in [1.29, 1.82) is 0 Å². The van der Waals surface area contributed by atoms with E-state index >= 15 is 0 Å². The molecule has 0 aromatic heterocycles. The molecule has 2 saturated heterocycles. The fourth-order valence-corrected chi connectivity index (χ4v) is 3.38. The fourth-order valence-electron chi connectivity index (χ4n) is 3.38. The molecule has 2 rings (SSSR count). The molecule has 112 valence electrons. The van der Waals surface area contributed by atoms with E-state index in [4.69, 9.17) is 4.74 Å². The minimum atomic E-state index is 0.765. The molecule has 0 saturated carbocycles. The molecular formula is C16H32N2O. The van der Waals surface area contributed by atoms with Crippen molar-refractivity contribution < 1.29 is 4.74 Å². The smallest absolute Gasteiger partial charge is 0.0480 e. The summed E-state index contributed by atoms with van der Waals surface area (Å²) in [5, 5.41) is 0. The van der Waals surface area contributed by atoms with Crippen molar-refractivity contribution in [2.75, 3.05) is 39.9 Å². The number of nitrogens with zero attached hydrogens (tertiary/aromatic N) is 2. The van der Waals surface area contributed by atoms with E-state index in [1.807, 2.05) is 0 Å². The lowest BCUT2D eigenvalue weighted by Gasteiger charge is -2.41. The van der Waals surface area contributed by atoms with Gasteiger partial charge in [0.2, 0.25) is 0 Å². The van der Waals surface area contributed by atoms with E-state index in [2.05, 4.69) is 30.7 Å². The van der Waals surface area contributed by atoms with Gasteiger partial charge in [-0.25, -0.2) is 0 Å². The second-order valence-corrected chi connectivity index (χ2v) is 6.76. The molecule has 2 aliphatic heterocycles. The van der Waals surface area contributed by atoms with Gasteiger partial charge >= 0.3 is 0 Å². The van der Waals surface area contributed by atoms with Gasteiger partial charge in [0.15, 0.2) is 0 Å². The van der Waals surface area contributed by atoms with Crippen LogP contribution < -0.4 is 0 Å². The van der Waals surface area contributed by atoms with Crippen molar-refractivity contribution >= 4 is 0 Å². The van der Waals surface area contributed by atoms with E-state index in [0.29, 0.717) is 0 Å². The summed E-state index contributed by atoms with van der Waals surface area (Å²) in [7, 11) is 2.34. The summed E-state index contributed by atoms with van der Waals surface area (Å²) in [4.78, 5) is 5.32. The zero-order valence-electron chi connectivity index (χ0n) is 13.1. The van der Waals surface area contributed by atoms with Crippen molar-refractivity contribution in [3.05, 3.63) is 0 Å². The molecule has 0 spiro atoms. The molecule has 0 unspecified atom stereocenters. The molecule has 0 N–H and O–H groups in total. The molecule has 0 bridgehead atoms. The Morgan fingerprint density at radius 2 is 1.63 bits per heavy atom. The van der Waals surface area contributed by atoms with Gasteiger partial charge in [0.05, 0.1) is 0 Å². The summed E-state index contributed by atoms with van der Waals surface area (Å²) in [5.74, 6) is 0.836. The molecule has 0 aromatic carbocycles. The van der Waals surface area contributed by atoms with E-state index in [1.54, 1.807) is 0 Å². The van der Waals surface area contributed by atoms with Gasteiger partial charge in [0, 0.05) is 25.3 Å². The van der Waals surface area contributed by atoms with Crippen molar-refractivity contribution in [1.82, 2.24) is 9.80 Å². The first-order chi connectivity index (χ1) is 9.16. The Balaban J connectivity index is 1.69. The minimum absolute atomic E-state index is 0.765. The number of ether oxygens (including phenoxy) is 1. The zero-order chi connectivity index (χ0) is 13.7. The van der Waals surface area contributed by atoms with Crippen LogP contribution in [0.2, 0.25) is 0 Å². The van der Waals surface area contributed by atoms with E-state index in [-0.39, 0.29) is 0 Å². The number of rotatable bonds is 5. The Labute approximate surface area is 119 Å². The van der Waals surface area contributed by atoms with Crippen LogP contribution in [0.3, 0.4) is 0 Å². The van der Waals surface area contributed by atoms with Gasteiger partial charge in [0.25, 0.3) is 0 Å². The van der Waals surface area contributed by atoms with Gasteiger partial charge in [-0.1, -0.05) is 13.8 Å². The van der Waals surface area contributed by atoms with Crippen LogP contribution in [0.4, 0.5) is 0 Å². The second kappa shape index (κ2) is 7.61. The van der Waals surface area contributed by atoms with Crippen LogP contribution in [0.5, 0.6) is 0 Å². The Bertz CT molecular complexity index is 243. The third kappa shape index (κ3) is 4.73. The first-order valence-electron chi connectivity index (χ1n) is 8.19. The summed E-state index contributed by atoms with van der Waals surface area (Å²) in [6.07, 6.45) is 6.51. The van der Waals surface area contributed by atoms with Crippen molar-refractivity contribution in [3.63, 3.8) is 0 Å². The number of piperidine rings is 1. The van der Waals surface area contributed by atoms with E-state index < -0.39 is 0 Å². The van der Waals surface area contributed by atoms with Crippen LogP contribution in [0, 0.1) is 5.92 Å². The predicted octanol–water partition coefficient (Wildman–Crippen LogP) is 2.61. The first-order valence-corrected chi connectivity index (χ1v) is 8.19. The zero-order valence-corrected chi connectivity index (χ0v) is 13.1. The lowest BCUT2D eigenvalue weighted by Crippen LogP contribution is -2.48. The maximum absolute atomic E-state index is 5.47. The average Bonchev–Trinajstić information content (AvgIpc) is 2.46. The normalized spacial score (nSPS) is 24.5. The van der Waals surface area contributed by atoms with Gasteiger partial charge in [-0.15, -0.1) is 0 Å². The third-order valence-corrected chi connectivity index (χ3v) is 4.92. The van der Waals surface area contributed by atoms with Gasteiger partial charge in [-0.05, 0) is 64.7 Å². The molecule has 3 heteroatoms. The molecule has 2 fully saturated rings. The molecule has 0 atom stereocenters. The van der Waals surface area contributed by atoms with Crippen LogP contribution in [-0.2, 0) is 4.74 Å². The topological polar surface area (TPSA) is 15.7 Å². The number of likely N-dealkylation sites (tertiary alicyclic amines) is 1. The Kier molecular flexibility index (Phi) is 6.11. The highest BCUT2D eigenvalue weighted by Crippen LogP contribution is 2.22. The summed E-state index contributed by atoms with van der Waals surface area (Å²) in [5.41, 5.74) is 0. The molecule has 0 amide bonds. The number of hydrogen-bond donors (Lipinski definition) is 0. The predicted molar refractivity (Wildman–Crippen MR) is 80.5 cm³/mol. The molecule has 19 heavy (non-hydrogen) atoms. The van der Waals surface area contributed by atoms with Crippen LogP contribution in [0.25, 0.3) is 0 Å². The van der Waals surface area contributed by atoms with Crippen LogP contribution >= 0.6 is 0 Å². The fraction of sp³-hybridized carbons (Fsp3) is 1.00. The Morgan fingerprint density at radius 1 is 1.05 bits per heavy atom. The maximum Gasteiger partial charge on any atom is 0.0480 e. The highest BCUT2D eigenvalue weighted by atomic mass is 16.5. The SMILES string of the molecule is CC(C)CCN1CCC(N(C)C2CCOCC2)CC1. The first kappa shape index (κ1) is 15.3. The minimum Gasteiger partial charge on any atom is -0.381 e. The highest BCUT2D eigenvalue weighted by Gasteiger charge is 2.27. The van der Waals surface area contributed by atoms with E-state index in [0.717, 1.165) is 31.2 Å². The van der Waals surface area contributed by atoms with Crippen molar-refractivity contribution in [3.8, 4) is 0 Å². The molecule has 0 aromatic rings. The lowest BCUT2D eigenvalue weighted by molar-refractivity contribution is 0.0148.